The predicted octanol–water partition coefficient (Wildman–Crippen LogP) is 5.32. The quantitative estimate of drug-likeness (QED) is 0.371. The van der Waals surface area contributed by atoms with Crippen LogP contribution >= 0.6 is 0 Å². The van der Waals surface area contributed by atoms with Gasteiger partial charge in [0.2, 0.25) is 0 Å². The van der Waals surface area contributed by atoms with Crippen LogP contribution in [0.3, 0.4) is 0 Å². The molecule has 0 saturated heterocycles. The van der Waals surface area contributed by atoms with Crippen LogP contribution in [-0.4, -0.2) is 39.7 Å². The maximum Gasteiger partial charge on any atom is 0.490 e. The van der Waals surface area contributed by atoms with E-state index in [1.165, 1.54) is 10.8 Å². The summed E-state index contributed by atoms with van der Waals surface area (Å²) in [7, 11) is 0. The fourth-order valence-corrected chi connectivity index (χ4v) is 3.65. The number of nitrogens with zero attached hydrogens (tertiary/aromatic N) is 1. The molecule has 0 radical (unpaired) electrons. The Morgan fingerprint density at radius 1 is 1.00 bits per heavy atom. The number of H-pyrrole nitrogens is 1. The number of halogens is 3. The Morgan fingerprint density at radius 2 is 1.74 bits per heavy atom. The largest absolute Gasteiger partial charge is 0.490 e. The van der Waals surface area contributed by atoms with Crippen molar-refractivity contribution in [2.75, 3.05) is 6.54 Å². The Bertz CT molecular complexity index is 1420. The lowest BCUT2D eigenvalue weighted by Crippen LogP contribution is -2.31. The van der Waals surface area contributed by atoms with Crippen molar-refractivity contribution in [1.29, 1.82) is 0 Å². The number of amides is 1. The van der Waals surface area contributed by atoms with Crippen molar-refractivity contribution in [1.82, 2.24) is 15.3 Å². The van der Waals surface area contributed by atoms with Crippen LogP contribution in [-0.2, 0) is 11.2 Å². The first kappa shape index (κ1) is 23.7. The van der Waals surface area contributed by atoms with Gasteiger partial charge < -0.3 is 15.4 Å². The van der Waals surface area contributed by atoms with E-state index in [1.54, 1.807) is 6.20 Å². The molecule has 0 unspecified atom stereocenters. The molecule has 4 aromatic rings. The van der Waals surface area contributed by atoms with Crippen LogP contribution in [0.2, 0.25) is 0 Å². The summed E-state index contributed by atoms with van der Waals surface area (Å²) in [6.45, 7) is 0.682. The van der Waals surface area contributed by atoms with Gasteiger partial charge >= 0.3 is 12.1 Å². The second-order valence-corrected chi connectivity index (χ2v) is 7.79. The number of aliphatic carboxylic acids is 1. The number of nitrogens with one attached hydrogen (secondary N) is 2. The second kappa shape index (κ2) is 9.84. The zero-order valence-corrected chi connectivity index (χ0v) is 18.3. The summed E-state index contributed by atoms with van der Waals surface area (Å²) >= 11 is 0. The summed E-state index contributed by atoms with van der Waals surface area (Å²) in [4.78, 5) is 28.7. The van der Waals surface area contributed by atoms with Crippen molar-refractivity contribution in [3.63, 3.8) is 0 Å². The van der Waals surface area contributed by atoms with Crippen LogP contribution in [0.1, 0.15) is 27.3 Å². The van der Waals surface area contributed by atoms with E-state index in [4.69, 9.17) is 9.90 Å². The number of carboxylic acid groups (broad SMARTS) is 1. The van der Waals surface area contributed by atoms with Gasteiger partial charge in [-0.05, 0) is 46.7 Å². The minimum absolute atomic E-state index is 0.00534. The third-order valence-corrected chi connectivity index (χ3v) is 5.36. The molecule has 0 bridgehead atoms. The molecule has 178 valence electrons. The van der Waals surface area contributed by atoms with E-state index >= 15 is 0 Å². The topological polar surface area (TPSA) is 95.1 Å². The van der Waals surface area contributed by atoms with Crippen molar-refractivity contribution >= 4 is 34.8 Å². The Kier molecular flexibility index (Phi) is 6.68. The van der Waals surface area contributed by atoms with E-state index in [0.717, 1.165) is 40.2 Å². The molecule has 5 rings (SSSR count). The standard InChI is InChI=1S/C24H19N3O.C2HF3O2/c28-24-21-15-23(27-22(21)10-12-26-24)19-9-11-25-20(14-19)8-6-16-5-7-17-3-1-2-4-18(17)13-16;3-2(4,5)1(6)7/h1-9,11,13-15,27H,10,12H2,(H,26,28);(H,6,7)/b8-6+;. The van der Waals surface area contributed by atoms with Crippen molar-refractivity contribution in [3.05, 3.63) is 89.4 Å². The van der Waals surface area contributed by atoms with E-state index in [2.05, 4.69) is 63.8 Å². The van der Waals surface area contributed by atoms with Crippen LogP contribution in [0.25, 0.3) is 34.2 Å². The van der Waals surface area contributed by atoms with Gasteiger partial charge in [-0.1, -0.05) is 42.5 Å². The average Bonchev–Trinajstić information content (AvgIpc) is 3.29. The molecule has 2 aromatic heterocycles. The first-order valence-electron chi connectivity index (χ1n) is 10.6. The monoisotopic (exact) mass is 479 g/mol. The SMILES string of the molecule is O=C(O)C(F)(F)F.O=C1NCCc2[nH]c(-c3ccnc(/C=C/c4ccc5ccccc5c4)c3)cc21. The third-order valence-electron chi connectivity index (χ3n) is 5.36. The van der Waals surface area contributed by atoms with Crippen LogP contribution in [0.5, 0.6) is 0 Å². The van der Waals surface area contributed by atoms with Crippen molar-refractivity contribution in [2.24, 2.45) is 0 Å². The Hall–Kier alpha value is -4.40. The summed E-state index contributed by atoms with van der Waals surface area (Å²) in [5.41, 5.74) is 5.73. The number of alkyl halides is 3. The lowest BCUT2D eigenvalue weighted by molar-refractivity contribution is -0.192. The predicted molar refractivity (Wildman–Crippen MR) is 127 cm³/mol. The van der Waals surface area contributed by atoms with E-state index in [-0.39, 0.29) is 5.91 Å². The minimum Gasteiger partial charge on any atom is -0.475 e. The third kappa shape index (κ3) is 5.75. The van der Waals surface area contributed by atoms with Gasteiger partial charge in [0.25, 0.3) is 5.91 Å². The number of aromatic nitrogens is 2. The normalized spacial score (nSPS) is 13.2. The number of rotatable bonds is 3. The molecule has 0 atom stereocenters. The number of fused-ring (bicyclic) bond motifs is 2. The molecule has 35 heavy (non-hydrogen) atoms. The Morgan fingerprint density at radius 3 is 2.46 bits per heavy atom. The van der Waals surface area contributed by atoms with E-state index in [0.29, 0.717) is 6.54 Å². The van der Waals surface area contributed by atoms with Gasteiger partial charge in [0.15, 0.2) is 0 Å². The molecule has 1 aliphatic rings. The van der Waals surface area contributed by atoms with Crippen molar-refractivity contribution in [3.8, 4) is 11.3 Å². The molecule has 6 nitrogen and oxygen atoms in total. The van der Waals surface area contributed by atoms with Crippen LogP contribution in [0.4, 0.5) is 13.2 Å². The molecule has 0 spiro atoms. The van der Waals surface area contributed by atoms with Crippen LogP contribution < -0.4 is 5.32 Å². The van der Waals surface area contributed by atoms with Gasteiger partial charge in [-0.2, -0.15) is 13.2 Å². The Balaban J connectivity index is 0.000000364. The summed E-state index contributed by atoms with van der Waals surface area (Å²) in [5.74, 6) is -2.76. The first-order chi connectivity index (χ1) is 16.7. The van der Waals surface area contributed by atoms with E-state index in [1.807, 2.05) is 24.3 Å². The molecular weight excluding hydrogens is 459 g/mol. The lowest BCUT2D eigenvalue weighted by Gasteiger charge is -2.10. The zero-order chi connectivity index (χ0) is 25.0. The molecule has 3 N–H and O–H groups in total. The maximum atomic E-state index is 12.0. The maximum absolute atomic E-state index is 12.0. The number of benzene rings is 2. The highest BCUT2D eigenvalue weighted by Gasteiger charge is 2.38. The van der Waals surface area contributed by atoms with Gasteiger partial charge in [-0.15, -0.1) is 0 Å². The number of pyridine rings is 1. The van der Waals surface area contributed by atoms with E-state index < -0.39 is 12.1 Å². The second-order valence-electron chi connectivity index (χ2n) is 7.79. The summed E-state index contributed by atoms with van der Waals surface area (Å²) in [6.07, 6.45) is 1.64. The number of hydrogen-bond acceptors (Lipinski definition) is 3. The number of aromatic amines is 1. The zero-order valence-electron chi connectivity index (χ0n) is 18.3. The van der Waals surface area contributed by atoms with Crippen LogP contribution in [0, 0.1) is 0 Å². The number of carbonyl (C=O) groups is 2. The van der Waals surface area contributed by atoms with Crippen LogP contribution in [0.15, 0.2) is 66.9 Å². The molecule has 0 saturated carbocycles. The van der Waals surface area contributed by atoms with Crippen molar-refractivity contribution < 1.29 is 27.9 Å². The highest BCUT2D eigenvalue weighted by atomic mass is 19.4. The van der Waals surface area contributed by atoms with Gasteiger partial charge in [0.1, 0.15) is 0 Å². The summed E-state index contributed by atoms with van der Waals surface area (Å²) in [5, 5.41) is 12.5. The van der Waals surface area contributed by atoms with Gasteiger partial charge in [0.05, 0.1) is 11.3 Å². The van der Waals surface area contributed by atoms with Gasteiger partial charge in [-0.25, -0.2) is 4.79 Å². The fourth-order valence-electron chi connectivity index (χ4n) is 3.65. The Labute approximate surface area is 198 Å². The first-order valence-corrected chi connectivity index (χ1v) is 10.6. The molecule has 0 aliphatic carbocycles. The highest BCUT2D eigenvalue weighted by molar-refractivity contribution is 5.97. The van der Waals surface area contributed by atoms with Gasteiger partial charge in [-0.3, -0.25) is 9.78 Å². The molecule has 1 aliphatic heterocycles. The molecular formula is C26H20F3N3O3. The molecule has 3 heterocycles. The number of carbonyl (C=O) groups excluding carboxylic acids is 1. The number of hydrogen-bond donors (Lipinski definition) is 3. The average molecular weight is 479 g/mol. The smallest absolute Gasteiger partial charge is 0.475 e. The van der Waals surface area contributed by atoms with E-state index in [9.17, 15) is 18.0 Å². The minimum atomic E-state index is -5.08. The van der Waals surface area contributed by atoms with Crippen molar-refractivity contribution in [2.45, 2.75) is 12.6 Å². The molecule has 0 fully saturated rings. The van der Waals surface area contributed by atoms with Gasteiger partial charge in [0, 0.05) is 36.1 Å². The summed E-state index contributed by atoms with van der Waals surface area (Å²) < 4.78 is 31.7. The molecule has 1 amide bonds. The highest BCUT2D eigenvalue weighted by Crippen LogP contribution is 2.25. The lowest BCUT2D eigenvalue weighted by atomic mass is 10.1. The molecule has 9 heteroatoms. The summed E-state index contributed by atoms with van der Waals surface area (Å²) in [6, 6.07) is 20.7. The molecule has 2 aromatic carbocycles. The fraction of sp³-hybridized carbons (Fsp3) is 0.115. The number of carboxylic acids is 1.